The second kappa shape index (κ2) is 10.6. The molecule has 168 valence electrons. The standard InChI is InChI=1S/C21H26FN3O6/c1-5-30-19(27)16-12(4)23-21(29)24-15(16)10-31-20(28)17(11(2)3)25-18(26)13-8-6-7-9-14(13)22/h6-9,11-12,17H,5,10H2,1-4H3,(H,25,26)(H2,23,24,29)/t12?,17-/m0/s1. The predicted octanol–water partition coefficient (Wildman–Crippen LogP) is 1.64. The molecule has 2 atom stereocenters. The minimum absolute atomic E-state index is 0.0889. The lowest BCUT2D eigenvalue weighted by molar-refractivity contribution is -0.146. The summed E-state index contributed by atoms with van der Waals surface area (Å²) in [6, 6.07) is 3.11. The first-order valence-corrected chi connectivity index (χ1v) is 9.85. The molecule has 1 unspecified atom stereocenters. The molecular weight excluding hydrogens is 409 g/mol. The molecule has 0 saturated heterocycles. The third-order valence-corrected chi connectivity index (χ3v) is 4.55. The summed E-state index contributed by atoms with van der Waals surface area (Å²) in [4.78, 5) is 49.1. The van der Waals surface area contributed by atoms with Gasteiger partial charge in [0, 0.05) is 0 Å². The van der Waals surface area contributed by atoms with Gasteiger partial charge < -0.3 is 25.4 Å². The highest BCUT2D eigenvalue weighted by Gasteiger charge is 2.32. The maximum absolute atomic E-state index is 13.9. The van der Waals surface area contributed by atoms with Crippen LogP contribution < -0.4 is 16.0 Å². The molecule has 10 heteroatoms. The summed E-state index contributed by atoms with van der Waals surface area (Å²) in [5.41, 5.74) is 0.0180. The maximum Gasteiger partial charge on any atom is 0.338 e. The van der Waals surface area contributed by atoms with E-state index in [4.69, 9.17) is 9.47 Å². The molecule has 0 fully saturated rings. The van der Waals surface area contributed by atoms with Crippen LogP contribution in [-0.2, 0) is 19.1 Å². The SMILES string of the molecule is CCOC(=O)C1=C(COC(=O)[C@@H](NC(=O)c2ccccc2F)C(C)C)NC(=O)NC1C. The molecule has 1 aromatic carbocycles. The van der Waals surface area contributed by atoms with E-state index in [-0.39, 0.29) is 29.4 Å². The number of hydrogen-bond donors (Lipinski definition) is 3. The average molecular weight is 435 g/mol. The van der Waals surface area contributed by atoms with Crippen molar-refractivity contribution in [2.24, 2.45) is 5.92 Å². The van der Waals surface area contributed by atoms with E-state index in [1.807, 2.05) is 0 Å². The number of nitrogens with one attached hydrogen (secondary N) is 3. The first-order valence-electron chi connectivity index (χ1n) is 9.85. The lowest BCUT2D eigenvalue weighted by Gasteiger charge is -2.27. The fourth-order valence-corrected chi connectivity index (χ4v) is 2.99. The first kappa shape index (κ1) is 23.8. The van der Waals surface area contributed by atoms with E-state index in [1.54, 1.807) is 27.7 Å². The number of ether oxygens (including phenoxy) is 2. The largest absolute Gasteiger partial charge is 0.463 e. The topological polar surface area (TPSA) is 123 Å². The van der Waals surface area contributed by atoms with Gasteiger partial charge in [-0.2, -0.15) is 0 Å². The van der Waals surface area contributed by atoms with Gasteiger partial charge in [-0.15, -0.1) is 0 Å². The number of urea groups is 1. The fourth-order valence-electron chi connectivity index (χ4n) is 2.99. The Morgan fingerprint density at radius 2 is 1.87 bits per heavy atom. The zero-order valence-electron chi connectivity index (χ0n) is 17.8. The number of carbonyl (C=O) groups is 4. The van der Waals surface area contributed by atoms with Crippen LogP contribution >= 0.6 is 0 Å². The molecule has 0 aliphatic carbocycles. The molecule has 1 heterocycles. The number of hydrogen-bond acceptors (Lipinski definition) is 6. The van der Waals surface area contributed by atoms with Crippen LogP contribution in [-0.4, -0.2) is 49.2 Å². The van der Waals surface area contributed by atoms with Crippen molar-refractivity contribution in [3.63, 3.8) is 0 Å². The second-order valence-corrected chi connectivity index (χ2v) is 7.22. The highest BCUT2D eigenvalue weighted by Crippen LogP contribution is 2.16. The molecule has 0 bridgehead atoms. The Labute approximate surface area is 179 Å². The molecule has 31 heavy (non-hydrogen) atoms. The summed E-state index contributed by atoms with van der Waals surface area (Å²) in [5.74, 6) is -3.30. The van der Waals surface area contributed by atoms with Gasteiger partial charge in [-0.3, -0.25) is 4.79 Å². The highest BCUT2D eigenvalue weighted by atomic mass is 19.1. The van der Waals surface area contributed by atoms with Crippen LogP contribution in [0.2, 0.25) is 0 Å². The van der Waals surface area contributed by atoms with E-state index in [0.29, 0.717) is 0 Å². The Balaban J connectivity index is 2.15. The Hall–Kier alpha value is -3.43. The van der Waals surface area contributed by atoms with Gasteiger partial charge in [-0.25, -0.2) is 18.8 Å². The van der Waals surface area contributed by atoms with Crippen molar-refractivity contribution in [1.82, 2.24) is 16.0 Å². The third-order valence-electron chi connectivity index (χ3n) is 4.55. The zero-order valence-corrected chi connectivity index (χ0v) is 17.8. The number of rotatable bonds is 8. The van der Waals surface area contributed by atoms with Gasteiger partial charge in [0.25, 0.3) is 5.91 Å². The van der Waals surface area contributed by atoms with Gasteiger partial charge >= 0.3 is 18.0 Å². The Kier molecular flexibility index (Phi) is 8.12. The van der Waals surface area contributed by atoms with Gasteiger partial charge in [0.15, 0.2) is 0 Å². The van der Waals surface area contributed by atoms with Gasteiger partial charge in [-0.1, -0.05) is 26.0 Å². The highest BCUT2D eigenvalue weighted by molar-refractivity contribution is 5.97. The molecule has 1 aliphatic heterocycles. The van der Waals surface area contributed by atoms with Crippen LogP contribution in [0.5, 0.6) is 0 Å². The third kappa shape index (κ3) is 6.03. The smallest absolute Gasteiger partial charge is 0.338 e. The molecule has 3 amide bonds. The van der Waals surface area contributed by atoms with Crippen LogP contribution in [0.4, 0.5) is 9.18 Å². The minimum Gasteiger partial charge on any atom is -0.463 e. The van der Waals surface area contributed by atoms with E-state index < -0.39 is 48.4 Å². The van der Waals surface area contributed by atoms with Crippen LogP contribution in [0.1, 0.15) is 38.1 Å². The van der Waals surface area contributed by atoms with Gasteiger partial charge in [0.05, 0.1) is 29.5 Å². The molecule has 2 rings (SSSR count). The van der Waals surface area contributed by atoms with Gasteiger partial charge in [0.2, 0.25) is 0 Å². The molecule has 9 nitrogen and oxygen atoms in total. The number of benzene rings is 1. The molecule has 0 saturated carbocycles. The summed E-state index contributed by atoms with van der Waals surface area (Å²) in [6.45, 7) is 6.33. The van der Waals surface area contributed by atoms with Crippen LogP contribution in [0.15, 0.2) is 35.5 Å². The lowest BCUT2D eigenvalue weighted by atomic mass is 10.0. The van der Waals surface area contributed by atoms with E-state index in [9.17, 15) is 23.6 Å². The molecule has 1 aliphatic rings. The van der Waals surface area contributed by atoms with Crippen LogP contribution in [0, 0.1) is 11.7 Å². The Morgan fingerprint density at radius 1 is 1.19 bits per heavy atom. The van der Waals surface area contributed by atoms with Crippen molar-refractivity contribution in [2.75, 3.05) is 13.2 Å². The van der Waals surface area contributed by atoms with Crippen LogP contribution in [0.3, 0.4) is 0 Å². The Morgan fingerprint density at radius 3 is 2.48 bits per heavy atom. The van der Waals surface area contributed by atoms with Gasteiger partial charge in [-0.05, 0) is 31.9 Å². The van der Waals surface area contributed by atoms with Crippen molar-refractivity contribution in [1.29, 1.82) is 0 Å². The predicted molar refractivity (Wildman–Crippen MR) is 108 cm³/mol. The van der Waals surface area contributed by atoms with E-state index in [0.717, 1.165) is 6.07 Å². The van der Waals surface area contributed by atoms with Crippen molar-refractivity contribution < 1.29 is 33.0 Å². The van der Waals surface area contributed by atoms with Crippen molar-refractivity contribution in [3.8, 4) is 0 Å². The minimum atomic E-state index is -1.08. The summed E-state index contributed by atoms with van der Waals surface area (Å²) < 4.78 is 24.1. The molecule has 0 aromatic heterocycles. The van der Waals surface area contributed by atoms with Gasteiger partial charge in [0.1, 0.15) is 18.5 Å². The van der Waals surface area contributed by atoms with Crippen molar-refractivity contribution >= 4 is 23.9 Å². The number of carbonyl (C=O) groups excluding carboxylic acids is 4. The lowest BCUT2D eigenvalue weighted by Crippen LogP contribution is -2.50. The number of esters is 2. The number of halogens is 1. The average Bonchev–Trinajstić information content (AvgIpc) is 2.69. The fraction of sp³-hybridized carbons (Fsp3) is 0.429. The van der Waals surface area contributed by atoms with E-state index in [1.165, 1.54) is 18.2 Å². The zero-order chi connectivity index (χ0) is 23.1. The van der Waals surface area contributed by atoms with E-state index in [2.05, 4.69) is 16.0 Å². The van der Waals surface area contributed by atoms with Crippen LogP contribution in [0.25, 0.3) is 0 Å². The summed E-state index contributed by atoms with van der Waals surface area (Å²) in [7, 11) is 0. The Bertz CT molecular complexity index is 899. The maximum atomic E-state index is 13.9. The molecular formula is C21H26FN3O6. The summed E-state index contributed by atoms with van der Waals surface area (Å²) >= 11 is 0. The molecule has 3 N–H and O–H groups in total. The molecule has 0 spiro atoms. The molecule has 1 aromatic rings. The molecule has 0 radical (unpaired) electrons. The van der Waals surface area contributed by atoms with E-state index >= 15 is 0 Å². The number of amides is 3. The quantitative estimate of drug-likeness (QED) is 0.534. The summed E-state index contributed by atoms with van der Waals surface area (Å²) in [5, 5.41) is 7.46. The first-order chi connectivity index (χ1) is 14.6. The monoisotopic (exact) mass is 435 g/mol. The normalized spacial score (nSPS) is 16.8. The van der Waals surface area contributed by atoms with Crippen molar-refractivity contribution in [3.05, 3.63) is 46.9 Å². The summed E-state index contributed by atoms with van der Waals surface area (Å²) in [6.07, 6.45) is 0. The second-order valence-electron chi connectivity index (χ2n) is 7.22. The van der Waals surface area contributed by atoms with Crippen molar-refractivity contribution in [2.45, 2.75) is 39.8 Å².